The van der Waals surface area contributed by atoms with E-state index >= 15 is 0 Å². The SMILES string of the molecule is CC(C)(C)OC(=O)[C@@H](COc1ccc2nc(NC3CN(C(=O)OC(C)(C)C)C3)sc2c1)O[Si](C)(C)C(C)(C)C. The Labute approximate surface area is 237 Å². The summed E-state index contributed by atoms with van der Waals surface area (Å²) in [7, 11) is -2.25. The van der Waals surface area contributed by atoms with E-state index in [1.54, 1.807) is 4.90 Å². The zero-order valence-electron chi connectivity index (χ0n) is 25.3. The third-order valence-corrected chi connectivity index (χ3v) is 12.0. The number of hydrogen-bond acceptors (Lipinski definition) is 9. The number of carbonyl (C=O) groups excluding carboxylic acids is 2. The minimum atomic E-state index is -2.25. The highest BCUT2D eigenvalue weighted by Crippen LogP contribution is 2.38. The van der Waals surface area contributed by atoms with Crippen molar-refractivity contribution in [3.05, 3.63) is 18.2 Å². The van der Waals surface area contributed by atoms with E-state index in [1.807, 2.05) is 59.7 Å². The van der Waals surface area contributed by atoms with Crippen LogP contribution < -0.4 is 10.1 Å². The minimum Gasteiger partial charge on any atom is -0.490 e. The average molecular weight is 580 g/mol. The van der Waals surface area contributed by atoms with Crippen molar-refractivity contribution in [1.29, 1.82) is 0 Å². The Morgan fingerprint density at radius 1 is 1.05 bits per heavy atom. The number of nitrogens with one attached hydrogen (secondary N) is 1. The van der Waals surface area contributed by atoms with Crippen molar-refractivity contribution >= 4 is 47.1 Å². The van der Waals surface area contributed by atoms with Gasteiger partial charge in [-0.05, 0) is 77.9 Å². The number of rotatable bonds is 8. The highest BCUT2D eigenvalue weighted by atomic mass is 32.1. The number of nitrogens with zero attached hydrogens (tertiary/aromatic N) is 2. The number of ether oxygens (including phenoxy) is 3. The van der Waals surface area contributed by atoms with Gasteiger partial charge in [0.25, 0.3) is 0 Å². The van der Waals surface area contributed by atoms with Crippen molar-refractivity contribution in [2.45, 2.75) is 104 Å². The lowest BCUT2D eigenvalue weighted by atomic mass is 10.1. The number of likely N-dealkylation sites (tertiary alicyclic amines) is 1. The van der Waals surface area contributed by atoms with Crippen LogP contribution in [0.15, 0.2) is 18.2 Å². The lowest BCUT2D eigenvalue weighted by molar-refractivity contribution is -0.165. The molecule has 1 aromatic heterocycles. The van der Waals surface area contributed by atoms with E-state index in [9.17, 15) is 9.59 Å². The molecule has 1 aliphatic heterocycles. The zero-order chi connectivity index (χ0) is 29.4. The molecule has 11 heteroatoms. The second-order valence-corrected chi connectivity index (χ2v) is 19.4. The number of hydrogen-bond donors (Lipinski definition) is 1. The van der Waals surface area contributed by atoms with Gasteiger partial charge in [-0.15, -0.1) is 0 Å². The lowest BCUT2D eigenvalue weighted by Crippen LogP contribution is -2.57. The number of amides is 1. The summed E-state index contributed by atoms with van der Waals surface area (Å²) >= 11 is 1.52. The zero-order valence-corrected chi connectivity index (χ0v) is 27.1. The number of carbonyl (C=O) groups is 2. The molecule has 0 spiro atoms. The summed E-state index contributed by atoms with van der Waals surface area (Å²) in [5.74, 6) is 0.212. The predicted octanol–water partition coefficient (Wildman–Crippen LogP) is 6.44. The smallest absolute Gasteiger partial charge is 0.410 e. The maximum atomic E-state index is 13.0. The van der Waals surface area contributed by atoms with Crippen molar-refractivity contribution in [1.82, 2.24) is 9.88 Å². The fraction of sp³-hybridized carbons (Fsp3) is 0.679. The van der Waals surface area contributed by atoms with Crippen molar-refractivity contribution < 1.29 is 28.2 Å². The Hall–Kier alpha value is -2.37. The maximum absolute atomic E-state index is 13.0. The summed E-state index contributed by atoms with van der Waals surface area (Å²) in [6.45, 7) is 22.9. The molecule has 9 nitrogen and oxygen atoms in total. The van der Waals surface area contributed by atoms with Crippen LogP contribution in [0, 0.1) is 0 Å². The predicted molar refractivity (Wildman–Crippen MR) is 158 cm³/mol. The Kier molecular flexibility index (Phi) is 8.99. The Morgan fingerprint density at radius 3 is 2.23 bits per heavy atom. The third kappa shape index (κ3) is 8.81. The fourth-order valence-corrected chi connectivity index (χ4v) is 5.70. The minimum absolute atomic E-state index is 0.0550. The third-order valence-electron chi connectivity index (χ3n) is 6.53. The van der Waals surface area contributed by atoms with Gasteiger partial charge in [-0.25, -0.2) is 14.6 Å². The number of thiazole rings is 1. The van der Waals surface area contributed by atoms with Gasteiger partial charge in [0.1, 0.15) is 23.6 Å². The van der Waals surface area contributed by atoms with Gasteiger partial charge in [0.15, 0.2) is 19.6 Å². The number of benzene rings is 1. The lowest BCUT2D eigenvalue weighted by Gasteiger charge is -2.39. The molecule has 2 aromatic rings. The summed E-state index contributed by atoms with van der Waals surface area (Å²) in [6, 6.07) is 5.79. The highest BCUT2D eigenvalue weighted by molar-refractivity contribution is 7.22. The molecular weight excluding hydrogens is 534 g/mol. The van der Waals surface area contributed by atoms with Crippen molar-refractivity contribution in [3.63, 3.8) is 0 Å². The molecule has 0 bridgehead atoms. The molecule has 0 saturated carbocycles. The van der Waals surface area contributed by atoms with Crippen LogP contribution in [-0.2, 0) is 18.7 Å². The van der Waals surface area contributed by atoms with E-state index < -0.39 is 31.6 Å². The molecule has 1 aliphatic rings. The normalized spacial score (nSPS) is 16.0. The molecule has 3 rings (SSSR count). The topological polar surface area (TPSA) is 99.2 Å². The number of fused-ring (bicyclic) bond motifs is 1. The van der Waals surface area contributed by atoms with Gasteiger partial charge in [-0.1, -0.05) is 32.1 Å². The van der Waals surface area contributed by atoms with Crippen LogP contribution in [0.1, 0.15) is 62.3 Å². The van der Waals surface area contributed by atoms with Gasteiger partial charge in [-0.3, -0.25) is 0 Å². The van der Waals surface area contributed by atoms with Gasteiger partial charge in [0.05, 0.1) is 16.3 Å². The van der Waals surface area contributed by atoms with Gasteiger partial charge < -0.3 is 28.9 Å². The Morgan fingerprint density at radius 2 is 1.67 bits per heavy atom. The first-order valence-electron chi connectivity index (χ1n) is 13.4. The molecule has 1 atom stereocenters. The average Bonchev–Trinajstić information content (AvgIpc) is 3.11. The van der Waals surface area contributed by atoms with E-state index in [4.69, 9.17) is 18.6 Å². The van der Waals surface area contributed by atoms with E-state index in [0.29, 0.717) is 18.8 Å². The van der Waals surface area contributed by atoms with Crippen molar-refractivity contribution in [3.8, 4) is 5.75 Å². The summed E-state index contributed by atoms with van der Waals surface area (Å²) in [5.41, 5.74) is -0.285. The van der Waals surface area contributed by atoms with Crippen molar-refractivity contribution in [2.75, 3.05) is 25.0 Å². The number of anilines is 1. The van der Waals surface area contributed by atoms with Crippen LogP contribution in [0.5, 0.6) is 5.75 Å². The summed E-state index contributed by atoms with van der Waals surface area (Å²) in [6.07, 6.45) is -1.13. The van der Waals surface area contributed by atoms with E-state index in [-0.39, 0.29) is 23.8 Å². The molecule has 0 unspecified atom stereocenters. The molecule has 0 aliphatic carbocycles. The monoisotopic (exact) mass is 579 g/mol. The van der Waals surface area contributed by atoms with Crippen LogP contribution in [0.4, 0.5) is 9.93 Å². The van der Waals surface area contributed by atoms with Crippen LogP contribution in [0.2, 0.25) is 18.1 Å². The van der Waals surface area contributed by atoms with Gasteiger partial charge in [-0.2, -0.15) is 0 Å². The first-order valence-corrected chi connectivity index (χ1v) is 17.1. The first kappa shape index (κ1) is 31.2. The molecule has 1 fully saturated rings. The van der Waals surface area contributed by atoms with Gasteiger partial charge in [0.2, 0.25) is 0 Å². The second-order valence-electron chi connectivity index (χ2n) is 13.6. The van der Waals surface area contributed by atoms with E-state index in [0.717, 1.165) is 15.3 Å². The molecule has 1 N–H and O–H groups in total. The van der Waals surface area contributed by atoms with Crippen LogP contribution in [0.3, 0.4) is 0 Å². The van der Waals surface area contributed by atoms with Gasteiger partial charge >= 0.3 is 12.1 Å². The first-order chi connectivity index (χ1) is 17.7. The summed E-state index contributed by atoms with van der Waals surface area (Å²) in [4.78, 5) is 31.5. The second kappa shape index (κ2) is 11.2. The molecule has 1 amide bonds. The van der Waals surface area contributed by atoms with Crippen LogP contribution >= 0.6 is 11.3 Å². The summed E-state index contributed by atoms with van der Waals surface area (Å²) < 4.78 is 24.5. The standard InChI is InChI=1S/C28H45N3O6SSi/c1-26(2,3)35-23(32)21(37-39(10,11)28(7,8)9)17-34-19-12-13-20-22(14-19)38-24(30-20)29-18-15-31(16-18)25(33)36-27(4,5)6/h12-14,18,21H,15-17H2,1-11H3,(H,29,30)/t21-/m1/s1. The molecular formula is C28H45N3O6SSi. The quantitative estimate of drug-likeness (QED) is 0.282. The maximum Gasteiger partial charge on any atom is 0.410 e. The Bertz CT molecular complexity index is 1170. The highest BCUT2D eigenvalue weighted by Gasteiger charge is 2.42. The Balaban J connectivity index is 1.63. The largest absolute Gasteiger partial charge is 0.490 e. The molecule has 1 aromatic carbocycles. The number of aromatic nitrogens is 1. The molecule has 1 saturated heterocycles. The van der Waals surface area contributed by atoms with E-state index in [2.05, 4.69) is 44.2 Å². The van der Waals surface area contributed by atoms with E-state index in [1.165, 1.54) is 11.3 Å². The molecule has 39 heavy (non-hydrogen) atoms. The van der Waals surface area contributed by atoms with Crippen LogP contribution in [0.25, 0.3) is 10.2 Å². The molecule has 0 radical (unpaired) electrons. The molecule has 218 valence electrons. The van der Waals surface area contributed by atoms with Crippen LogP contribution in [-0.4, -0.2) is 73.3 Å². The summed E-state index contributed by atoms with van der Waals surface area (Å²) in [5, 5.41) is 4.12. The molecule has 2 heterocycles. The number of esters is 1. The van der Waals surface area contributed by atoms with Gasteiger partial charge in [0, 0.05) is 13.1 Å². The van der Waals surface area contributed by atoms with Crippen molar-refractivity contribution in [2.24, 2.45) is 0 Å². The fourth-order valence-electron chi connectivity index (χ4n) is 3.50.